The number of carbonyl (C=O) groups is 2. The van der Waals surface area contributed by atoms with E-state index >= 15 is 0 Å². The third-order valence-corrected chi connectivity index (χ3v) is 10.1. The molecule has 3 aromatic carbocycles. The molecule has 0 aromatic heterocycles. The number of halogens is 1. The summed E-state index contributed by atoms with van der Waals surface area (Å²) in [4.78, 5) is 29.2. The highest BCUT2D eigenvalue weighted by molar-refractivity contribution is 7.92. The molecule has 1 atom stereocenters. The maximum atomic E-state index is 14.2. The van der Waals surface area contributed by atoms with Crippen LogP contribution in [0.3, 0.4) is 0 Å². The maximum Gasteiger partial charge on any atom is 0.264 e. The summed E-state index contributed by atoms with van der Waals surface area (Å²) in [6.07, 6.45) is 5.09. The van der Waals surface area contributed by atoms with Gasteiger partial charge in [0.1, 0.15) is 12.6 Å². The Bertz CT molecular complexity index is 1520. The highest BCUT2D eigenvalue weighted by Crippen LogP contribution is 2.29. The van der Waals surface area contributed by atoms with Crippen molar-refractivity contribution in [3.63, 3.8) is 0 Å². The van der Waals surface area contributed by atoms with Crippen molar-refractivity contribution in [2.75, 3.05) is 10.8 Å². The molecule has 4 rings (SSSR count). The molecule has 1 aliphatic carbocycles. The first kappa shape index (κ1) is 31.6. The lowest BCUT2D eigenvalue weighted by Gasteiger charge is -2.33. The predicted octanol–water partition coefficient (Wildman–Crippen LogP) is 6.33. The Balaban J connectivity index is 1.72. The second-order valence-corrected chi connectivity index (χ2v) is 13.5. The van der Waals surface area contributed by atoms with E-state index in [-0.39, 0.29) is 23.4 Å². The van der Waals surface area contributed by atoms with Gasteiger partial charge in [0.15, 0.2) is 0 Å². The number of hydrogen-bond donors (Lipinski definition) is 1. The molecule has 3 aromatic rings. The first-order valence-corrected chi connectivity index (χ1v) is 16.3. The molecule has 0 bridgehead atoms. The van der Waals surface area contributed by atoms with Gasteiger partial charge in [-0.25, -0.2) is 8.42 Å². The van der Waals surface area contributed by atoms with Crippen LogP contribution in [0, 0.1) is 20.8 Å². The number of hydrogen-bond acceptors (Lipinski definition) is 4. The van der Waals surface area contributed by atoms with Crippen molar-refractivity contribution < 1.29 is 18.0 Å². The number of nitrogens with one attached hydrogen (secondary N) is 1. The first-order chi connectivity index (χ1) is 20.0. The van der Waals surface area contributed by atoms with Crippen LogP contribution in [0.4, 0.5) is 5.69 Å². The van der Waals surface area contributed by atoms with Crippen LogP contribution in [0.1, 0.15) is 61.3 Å². The van der Waals surface area contributed by atoms with Crippen LogP contribution in [-0.2, 0) is 26.2 Å². The summed E-state index contributed by atoms with van der Waals surface area (Å²) in [6, 6.07) is 18.5. The predicted molar refractivity (Wildman–Crippen MR) is 168 cm³/mol. The number of rotatable bonds is 10. The minimum Gasteiger partial charge on any atom is -0.352 e. The van der Waals surface area contributed by atoms with Crippen molar-refractivity contribution in [3.05, 3.63) is 94.0 Å². The van der Waals surface area contributed by atoms with Crippen molar-refractivity contribution in [1.29, 1.82) is 0 Å². The number of anilines is 1. The number of carbonyl (C=O) groups excluding carboxylic acids is 2. The first-order valence-electron chi connectivity index (χ1n) is 14.5. The molecule has 42 heavy (non-hydrogen) atoms. The minimum absolute atomic E-state index is 0.0585. The molecule has 0 unspecified atom stereocenters. The average molecular weight is 610 g/mol. The highest BCUT2D eigenvalue weighted by atomic mass is 35.5. The van der Waals surface area contributed by atoms with Gasteiger partial charge in [0.05, 0.1) is 10.6 Å². The van der Waals surface area contributed by atoms with Crippen molar-refractivity contribution in [3.8, 4) is 0 Å². The van der Waals surface area contributed by atoms with Gasteiger partial charge in [-0.05, 0) is 81.5 Å². The second kappa shape index (κ2) is 13.7. The molecule has 7 nitrogen and oxygen atoms in total. The Morgan fingerprint density at radius 2 is 1.57 bits per heavy atom. The normalized spacial score (nSPS) is 14.7. The topological polar surface area (TPSA) is 86.8 Å². The summed E-state index contributed by atoms with van der Waals surface area (Å²) in [7, 11) is -4.13. The lowest BCUT2D eigenvalue weighted by atomic mass is 9.95. The van der Waals surface area contributed by atoms with Gasteiger partial charge in [-0.1, -0.05) is 78.9 Å². The number of benzene rings is 3. The molecule has 0 spiro atoms. The molecule has 1 aliphatic rings. The van der Waals surface area contributed by atoms with E-state index in [2.05, 4.69) is 5.32 Å². The fourth-order valence-corrected chi connectivity index (χ4v) is 6.97. The standard InChI is InChI=1S/C33H40ClN3O4S/c1-23-15-18-29(19-16-23)42(40,41)37(31-20-24(2)14-17-25(31)3)22-32(38)36(21-27-10-8-9-13-30(27)34)26(4)33(39)35-28-11-6-5-7-12-28/h8-10,13-20,26,28H,5-7,11-12,21-22H2,1-4H3,(H,35,39)/t26-/m1/s1. The van der Waals surface area contributed by atoms with Crippen molar-refractivity contribution in [2.24, 2.45) is 0 Å². The molecule has 0 radical (unpaired) electrons. The molecular weight excluding hydrogens is 570 g/mol. The monoisotopic (exact) mass is 609 g/mol. The summed E-state index contributed by atoms with van der Waals surface area (Å²) in [5.74, 6) is -0.764. The Morgan fingerprint density at radius 3 is 2.24 bits per heavy atom. The van der Waals surface area contributed by atoms with Crippen molar-refractivity contribution in [2.45, 2.75) is 83.3 Å². The van der Waals surface area contributed by atoms with Gasteiger partial charge in [0.25, 0.3) is 10.0 Å². The Morgan fingerprint density at radius 1 is 0.929 bits per heavy atom. The van der Waals surface area contributed by atoms with Gasteiger partial charge < -0.3 is 10.2 Å². The van der Waals surface area contributed by atoms with Crippen LogP contribution >= 0.6 is 11.6 Å². The Kier molecular flexibility index (Phi) is 10.3. The van der Waals surface area contributed by atoms with Crippen LogP contribution in [-0.4, -0.2) is 43.8 Å². The Labute approximate surface area is 254 Å². The van der Waals surface area contributed by atoms with E-state index in [1.807, 2.05) is 39.0 Å². The zero-order chi connectivity index (χ0) is 30.4. The summed E-state index contributed by atoms with van der Waals surface area (Å²) in [6.45, 7) is 6.84. The highest BCUT2D eigenvalue weighted by Gasteiger charge is 2.34. The zero-order valence-corrected chi connectivity index (χ0v) is 26.3. The van der Waals surface area contributed by atoms with Gasteiger partial charge in [0.2, 0.25) is 11.8 Å². The molecule has 1 N–H and O–H groups in total. The molecule has 0 saturated heterocycles. The van der Waals surface area contributed by atoms with E-state index in [0.717, 1.165) is 47.5 Å². The summed E-state index contributed by atoms with van der Waals surface area (Å²) >= 11 is 6.47. The van der Waals surface area contributed by atoms with E-state index in [9.17, 15) is 18.0 Å². The third-order valence-electron chi connectivity index (χ3n) is 7.94. The van der Waals surface area contributed by atoms with Crippen LogP contribution in [0.25, 0.3) is 0 Å². The molecule has 0 heterocycles. The number of sulfonamides is 1. The molecule has 1 fully saturated rings. The zero-order valence-electron chi connectivity index (χ0n) is 24.8. The lowest BCUT2D eigenvalue weighted by Crippen LogP contribution is -2.53. The van der Waals surface area contributed by atoms with E-state index in [1.165, 1.54) is 4.90 Å². The second-order valence-electron chi connectivity index (χ2n) is 11.2. The van der Waals surface area contributed by atoms with Crippen LogP contribution in [0.5, 0.6) is 0 Å². The maximum absolute atomic E-state index is 14.2. The molecule has 2 amide bonds. The number of nitrogens with zero attached hydrogens (tertiary/aromatic N) is 2. The van der Waals surface area contributed by atoms with E-state index < -0.39 is 28.5 Å². The van der Waals surface area contributed by atoms with Gasteiger partial charge in [-0.3, -0.25) is 13.9 Å². The molecule has 0 aliphatic heterocycles. The van der Waals surface area contributed by atoms with Gasteiger partial charge in [0, 0.05) is 17.6 Å². The Hall–Kier alpha value is -3.36. The van der Waals surface area contributed by atoms with Crippen LogP contribution in [0.2, 0.25) is 5.02 Å². The van der Waals surface area contributed by atoms with Gasteiger partial charge >= 0.3 is 0 Å². The summed E-state index contributed by atoms with van der Waals surface area (Å²) in [5, 5.41) is 3.59. The van der Waals surface area contributed by atoms with Crippen LogP contribution < -0.4 is 9.62 Å². The smallest absolute Gasteiger partial charge is 0.264 e. The minimum atomic E-state index is -4.13. The van der Waals surface area contributed by atoms with E-state index in [1.54, 1.807) is 55.5 Å². The summed E-state index contributed by atoms with van der Waals surface area (Å²) < 4.78 is 29.4. The number of aryl methyl sites for hydroxylation is 3. The van der Waals surface area contributed by atoms with Crippen LogP contribution in [0.15, 0.2) is 71.6 Å². The van der Waals surface area contributed by atoms with Gasteiger partial charge in [-0.2, -0.15) is 0 Å². The average Bonchev–Trinajstić information content (AvgIpc) is 2.97. The largest absolute Gasteiger partial charge is 0.352 e. The number of amides is 2. The summed E-state index contributed by atoms with van der Waals surface area (Å²) in [5.41, 5.74) is 3.59. The van der Waals surface area contributed by atoms with Crippen molar-refractivity contribution in [1.82, 2.24) is 10.2 Å². The molecular formula is C33H40ClN3O4S. The SMILES string of the molecule is Cc1ccc(S(=O)(=O)N(CC(=O)N(Cc2ccccc2Cl)[C@H](C)C(=O)NC2CCCCC2)c2cc(C)ccc2C)cc1. The quantitative estimate of drug-likeness (QED) is 0.291. The molecule has 224 valence electrons. The lowest BCUT2D eigenvalue weighted by molar-refractivity contribution is -0.139. The molecule has 9 heteroatoms. The van der Waals surface area contributed by atoms with Crippen molar-refractivity contribution >= 4 is 39.1 Å². The third kappa shape index (κ3) is 7.53. The molecule has 1 saturated carbocycles. The fraction of sp³-hybridized carbons (Fsp3) is 0.394. The van der Waals surface area contributed by atoms with E-state index in [0.29, 0.717) is 21.8 Å². The van der Waals surface area contributed by atoms with E-state index in [4.69, 9.17) is 11.6 Å². The fourth-order valence-electron chi connectivity index (χ4n) is 5.30. The van der Waals surface area contributed by atoms with Gasteiger partial charge in [-0.15, -0.1) is 0 Å².